The van der Waals surface area contributed by atoms with E-state index in [0.29, 0.717) is 31.7 Å². The number of aromatic nitrogens is 1. The predicted molar refractivity (Wildman–Crippen MR) is 112 cm³/mol. The molecule has 1 amide bonds. The fraction of sp³-hybridized carbons (Fsp3) is 0.273. The van der Waals surface area contributed by atoms with E-state index in [1.54, 1.807) is 16.2 Å². The quantitative estimate of drug-likeness (QED) is 0.571. The van der Waals surface area contributed by atoms with Crippen LogP contribution in [0.2, 0.25) is 0 Å². The summed E-state index contributed by atoms with van der Waals surface area (Å²) in [7, 11) is 0. The summed E-state index contributed by atoms with van der Waals surface area (Å²) in [4.78, 5) is 21.3. The van der Waals surface area contributed by atoms with Gasteiger partial charge in [-0.15, -0.1) is 24.5 Å². The molecular weight excluding hydrogens is 427 g/mol. The van der Waals surface area contributed by atoms with Gasteiger partial charge >= 0.3 is 6.36 Å². The number of amides is 1. The Kier molecular flexibility index (Phi) is 6.24. The zero-order valence-electron chi connectivity index (χ0n) is 16.5. The molecule has 2 aromatic carbocycles. The summed E-state index contributed by atoms with van der Waals surface area (Å²) < 4.78 is 40.6. The molecule has 162 valence electrons. The second kappa shape index (κ2) is 9.07. The van der Waals surface area contributed by atoms with Crippen molar-refractivity contribution in [2.45, 2.75) is 12.9 Å². The molecule has 1 aromatic heterocycles. The molecule has 0 unspecified atom stereocenters. The fourth-order valence-electron chi connectivity index (χ4n) is 3.41. The Morgan fingerprint density at radius 3 is 2.32 bits per heavy atom. The monoisotopic (exact) mass is 447 g/mol. The van der Waals surface area contributed by atoms with Gasteiger partial charge in [0.15, 0.2) is 0 Å². The van der Waals surface area contributed by atoms with Crippen LogP contribution in [0.3, 0.4) is 0 Å². The van der Waals surface area contributed by atoms with Gasteiger partial charge in [-0.05, 0) is 24.3 Å². The Hall–Kier alpha value is -2.91. The molecule has 0 aliphatic carbocycles. The van der Waals surface area contributed by atoms with Crippen molar-refractivity contribution in [1.29, 1.82) is 0 Å². The number of piperazine rings is 1. The van der Waals surface area contributed by atoms with Gasteiger partial charge in [-0.2, -0.15) is 0 Å². The molecule has 0 spiro atoms. The third-order valence-corrected chi connectivity index (χ3v) is 5.89. The molecule has 1 saturated heterocycles. The van der Waals surface area contributed by atoms with Gasteiger partial charge in [0, 0.05) is 49.2 Å². The molecule has 0 bridgehead atoms. The lowest BCUT2D eigenvalue weighted by Crippen LogP contribution is -2.48. The zero-order valence-corrected chi connectivity index (χ0v) is 17.3. The largest absolute Gasteiger partial charge is 0.573 e. The highest BCUT2D eigenvalue weighted by atomic mass is 32.1. The molecule has 4 rings (SSSR count). The van der Waals surface area contributed by atoms with Crippen LogP contribution in [0.15, 0.2) is 60.0 Å². The number of nitrogens with zero attached hydrogens (tertiary/aromatic N) is 3. The first-order valence-electron chi connectivity index (χ1n) is 9.75. The highest BCUT2D eigenvalue weighted by molar-refractivity contribution is 7.13. The van der Waals surface area contributed by atoms with E-state index in [9.17, 15) is 18.0 Å². The van der Waals surface area contributed by atoms with Gasteiger partial charge in [-0.1, -0.05) is 30.3 Å². The summed E-state index contributed by atoms with van der Waals surface area (Å²) in [6.45, 7) is 3.23. The van der Waals surface area contributed by atoms with Gasteiger partial charge < -0.3 is 9.64 Å². The molecule has 0 saturated carbocycles. The smallest absolute Gasteiger partial charge is 0.406 e. The number of thiazole rings is 1. The van der Waals surface area contributed by atoms with Crippen molar-refractivity contribution in [2.75, 3.05) is 26.2 Å². The normalized spacial score (nSPS) is 15.1. The molecule has 5 nitrogen and oxygen atoms in total. The van der Waals surface area contributed by atoms with Crippen LogP contribution in [-0.4, -0.2) is 53.2 Å². The number of carbonyl (C=O) groups excluding carboxylic acids is 1. The standard InChI is InChI=1S/C22H20F3N3O2S/c23-22(24,25)30-19-8-6-17(7-9-19)21(29)28-12-10-27(11-13-28)14-18-15-31-20(26-18)16-4-2-1-3-5-16/h1-9,15H,10-14H2. The van der Waals surface area contributed by atoms with E-state index in [1.807, 2.05) is 30.3 Å². The van der Waals surface area contributed by atoms with Gasteiger partial charge in [-0.3, -0.25) is 9.69 Å². The number of rotatable bonds is 5. The van der Waals surface area contributed by atoms with Crippen molar-refractivity contribution in [3.8, 4) is 16.3 Å². The maximum Gasteiger partial charge on any atom is 0.573 e. The van der Waals surface area contributed by atoms with E-state index < -0.39 is 6.36 Å². The molecule has 1 fully saturated rings. The van der Waals surface area contributed by atoms with Crippen LogP contribution < -0.4 is 4.74 Å². The summed E-state index contributed by atoms with van der Waals surface area (Å²) in [5.74, 6) is -0.537. The first-order valence-corrected chi connectivity index (χ1v) is 10.6. The first kappa shape index (κ1) is 21.3. The summed E-state index contributed by atoms with van der Waals surface area (Å²) in [6, 6.07) is 15.1. The Bertz CT molecular complexity index is 1010. The average molecular weight is 447 g/mol. The lowest BCUT2D eigenvalue weighted by Gasteiger charge is -2.34. The van der Waals surface area contributed by atoms with Crippen molar-refractivity contribution in [1.82, 2.24) is 14.8 Å². The maximum absolute atomic E-state index is 12.7. The first-order chi connectivity index (χ1) is 14.9. The highest BCUT2D eigenvalue weighted by Crippen LogP contribution is 2.25. The Morgan fingerprint density at radius 1 is 1.00 bits per heavy atom. The number of benzene rings is 2. The second-order valence-electron chi connectivity index (χ2n) is 7.15. The van der Waals surface area contributed by atoms with Crippen molar-refractivity contribution in [3.63, 3.8) is 0 Å². The number of hydrogen-bond donors (Lipinski definition) is 0. The topological polar surface area (TPSA) is 45.7 Å². The molecule has 31 heavy (non-hydrogen) atoms. The van der Waals surface area contributed by atoms with Crippen LogP contribution in [0.25, 0.3) is 10.6 Å². The van der Waals surface area contributed by atoms with Crippen molar-refractivity contribution in [3.05, 3.63) is 71.2 Å². The van der Waals surface area contributed by atoms with Crippen LogP contribution in [-0.2, 0) is 6.54 Å². The molecule has 3 aromatic rings. The molecule has 0 atom stereocenters. The van der Waals surface area contributed by atoms with Crippen molar-refractivity contribution >= 4 is 17.2 Å². The summed E-state index contributed by atoms with van der Waals surface area (Å²) in [5, 5.41) is 3.05. The molecule has 1 aliphatic heterocycles. The third kappa shape index (κ3) is 5.62. The minimum atomic E-state index is -4.75. The lowest BCUT2D eigenvalue weighted by molar-refractivity contribution is -0.274. The summed E-state index contributed by atoms with van der Waals surface area (Å²) in [6.07, 6.45) is -4.75. The predicted octanol–water partition coefficient (Wildman–Crippen LogP) is 4.67. The average Bonchev–Trinajstić information content (AvgIpc) is 3.22. The van der Waals surface area contributed by atoms with Gasteiger partial charge in [0.1, 0.15) is 10.8 Å². The number of carbonyl (C=O) groups is 1. The van der Waals surface area contributed by atoms with E-state index >= 15 is 0 Å². The molecule has 9 heteroatoms. The molecule has 2 heterocycles. The van der Waals surface area contributed by atoms with E-state index in [1.165, 1.54) is 12.1 Å². The minimum Gasteiger partial charge on any atom is -0.406 e. The lowest BCUT2D eigenvalue weighted by atomic mass is 10.1. The van der Waals surface area contributed by atoms with Crippen LogP contribution in [0, 0.1) is 0 Å². The van der Waals surface area contributed by atoms with Gasteiger partial charge in [0.2, 0.25) is 0 Å². The molecular formula is C22H20F3N3O2S. The summed E-state index contributed by atoms with van der Waals surface area (Å²) >= 11 is 1.62. The molecule has 0 N–H and O–H groups in total. The second-order valence-corrected chi connectivity index (χ2v) is 8.01. The number of halogens is 3. The summed E-state index contributed by atoms with van der Waals surface area (Å²) in [5.41, 5.74) is 2.44. The number of ether oxygens (including phenoxy) is 1. The van der Waals surface area contributed by atoms with Crippen molar-refractivity contribution < 1.29 is 22.7 Å². The Morgan fingerprint density at radius 2 is 1.68 bits per heavy atom. The van der Waals surface area contributed by atoms with Crippen LogP contribution in [0.1, 0.15) is 16.1 Å². The molecule has 0 radical (unpaired) electrons. The SMILES string of the molecule is O=C(c1ccc(OC(F)(F)F)cc1)N1CCN(Cc2csc(-c3ccccc3)n2)CC1. The van der Waals surface area contributed by atoms with Gasteiger partial charge in [0.25, 0.3) is 5.91 Å². The highest BCUT2D eigenvalue weighted by Gasteiger charge is 2.31. The van der Waals surface area contributed by atoms with E-state index in [4.69, 9.17) is 4.98 Å². The minimum absolute atomic E-state index is 0.196. The zero-order chi connectivity index (χ0) is 21.8. The van der Waals surface area contributed by atoms with Gasteiger partial charge in [0.05, 0.1) is 5.69 Å². The number of alkyl halides is 3. The van der Waals surface area contributed by atoms with E-state index in [0.717, 1.165) is 34.9 Å². The van der Waals surface area contributed by atoms with Crippen LogP contribution in [0.5, 0.6) is 5.75 Å². The van der Waals surface area contributed by atoms with Crippen molar-refractivity contribution in [2.24, 2.45) is 0 Å². The van der Waals surface area contributed by atoms with Crippen LogP contribution >= 0.6 is 11.3 Å². The fourth-order valence-corrected chi connectivity index (χ4v) is 4.23. The number of hydrogen-bond acceptors (Lipinski definition) is 5. The maximum atomic E-state index is 12.7. The molecule has 1 aliphatic rings. The third-order valence-electron chi connectivity index (χ3n) is 4.95. The van der Waals surface area contributed by atoms with Gasteiger partial charge in [-0.25, -0.2) is 4.98 Å². The van der Waals surface area contributed by atoms with E-state index in [2.05, 4.69) is 15.0 Å². The van der Waals surface area contributed by atoms with E-state index in [-0.39, 0.29) is 11.7 Å². The Labute approximate surface area is 181 Å². The Balaban J connectivity index is 1.29. The van der Waals surface area contributed by atoms with Crippen LogP contribution in [0.4, 0.5) is 13.2 Å².